The number of halogens is 2. The third-order valence-corrected chi connectivity index (χ3v) is 8.62. The van der Waals surface area contributed by atoms with Crippen LogP contribution in [0.5, 0.6) is 0 Å². The fraction of sp³-hybridized carbons (Fsp3) is 0.227. The van der Waals surface area contributed by atoms with E-state index in [1.807, 2.05) is 24.3 Å². The van der Waals surface area contributed by atoms with Gasteiger partial charge in [-0.2, -0.15) is 0 Å². The number of anilines is 2. The fourth-order valence-electron chi connectivity index (χ4n) is 3.55. The van der Waals surface area contributed by atoms with Crippen LogP contribution in [0.2, 0.25) is 5.02 Å². The van der Waals surface area contributed by atoms with Gasteiger partial charge in [-0.1, -0.05) is 23.7 Å². The summed E-state index contributed by atoms with van der Waals surface area (Å²) >= 11 is 7.15. The largest absolute Gasteiger partial charge is 0.368 e. The Morgan fingerprint density at radius 2 is 1.75 bits per heavy atom. The summed E-state index contributed by atoms with van der Waals surface area (Å²) in [6, 6.07) is 15.8. The van der Waals surface area contributed by atoms with Crippen molar-refractivity contribution in [2.24, 2.45) is 0 Å². The van der Waals surface area contributed by atoms with Gasteiger partial charge in [-0.05, 0) is 53.9 Å². The molecule has 0 spiro atoms. The van der Waals surface area contributed by atoms with E-state index in [9.17, 15) is 17.6 Å². The Morgan fingerprint density at radius 1 is 1.03 bits per heavy atom. The predicted molar refractivity (Wildman–Crippen MR) is 125 cm³/mol. The monoisotopic (exact) mass is 493 g/mol. The molecule has 1 aliphatic rings. The van der Waals surface area contributed by atoms with Crippen LogP contribution in [-0.4, -0.2) is 51.9 Å². The van der Waals surface area contributed by atoms with E-state index < -0.39 is 15.8 Å². The first-order chi connectivity index (χ1) is 15.3. The molecule has 32 heavy (non-hydrogen) atoms. The topological polar surface area (TPSA) is 60.9 Å². The maximum Gasteiger partial charge on any atom is 0.274 e. The number of benzene rings is 2. The lowest BCUT2D eigenvalue weighted by molar-refractivity contribution is -0.129. The first kappa shape index (κ1) is 22.6. The molecular weight excluding hydrogens is 473 g/mol. The third kappa shape index (κ3) is 4.90. The van der Waals surface area contributed by atoms with Crippen molar-refractivity contribution in [3.8, 4) is 0 Å². The molecule has 10 heteroatoms. The van der Waals surface area contributed by atoms with Gasteiger partial charge in [0.15, 0.2) is 0 Å². The Labute approximate surface area is 195 Å². The van der Waals surface area contributed by atoms with Crippen LogP contribution < -0.4 is 9.21 Å². The molecular formula is C22H21ClFN3O3S2. The molecule has 0 atom stereocenters. The number of carbonyl (C=O) groups is 1. The normalized spacial score (nSPS) is 14.4. The van der Waals surface area contributed by atoms with Crippen LogP contribution >= 0.6 is 22.9 Å². The molecule has 168 valence electrons. The van der Waals surface area contributed by atoms with Gasteiger partial charge in [-0.15, -0.1) is 11.3 Å². The van der Waals surface area contributed by atoms with E-state index >= 15 is 0 Å². The minimum absolute atomic E-state index is 0.125. The summed E-state index contributed by atoms with van der Waals surface area (Å²) in [5.41, 5.74) is 1.23. The molecule has 2 aromatic carbocycles. The van der Waals surface area contributed by atoms with Crippen LogP contribution in [0.25, 0.3) is 0 Å². The zero-order valence-corrected chi connectivity index (χ0v) is 19.4. The van der Waals surface area contributed by atoms with Crippen LogP contribution in [0, 0.1) is 5.82 Å². The SMILES string of the molecule is O=C(CN(c1ccc(F)cc1)S(=O)(=O)c1cccs1)N1CCN(c2cccc(Cl)c2)CC1. The number of carbonyl (C=O) groups excluding carboxylic acids is 1. The van der Waals surface area contributed by atoms with E-state index in [-0.39, 0.29) is 22.3 Å². The van der Waals surface area contributed by atoms with E-state index in [1.54, 1.807) is 16.3 Å². The van der Waals surface area contributed by atoms with Crippen LogP contribution in [0.1, 0.15) is 0 Å². The summed E-state index contributed by atoms with van der Waals surface area (Å²) in [6.07, 6.45) is 0. The number of hydrogen-bond acceptors (Lipinski definition) is 5. The third-order valence-electron chi connectivity index (χ3n) is 5.24. The predicted octanol–water partition coefficient (Wildman–Crippen LogP) is 4.08. The van der Waals surface area contributed by atoms with Gasteiger partial charge in [0.25, 0.3) is 10.0 Å². The highest BCUT2D eigenvalue weighted by molar-refractivity contribution is 7.94. The van der Waals surface area contributed by atoms with Crippen LogP contribution in [-0.2, 0) is 14.8 Å². The average Bonchev–Trinajstić information content (AvgIpc) is 3.34. The van der Waals surface area contributed by atoms with Crippen molar-refractivity contribution in [2.75, 3.05) is 41.9 Å². The van der Waals surface area contributed by atoms with Crippen molar-refractivity contribution < 1.29 is 17.6 Å². The van der Waals surface area contributed by atoms with Crippen LogP contribution in [0.3, 0.4) is 0 Å². The van der Waals surface area contributed by atoms with Gasteiger partial charge in [-0.3, -0.25) is 9.10 Å². The lowest BCUT2D eigenvalue weighted by Gasteiger charge is -2.37. The van der Waals surface area contributed by atoms with Gasteiger partial charge in [-0.25, -0.2) is 12.8 Å². The molecule has 0 unspecified atom stereocenters. The van der Waals surface area contributed by atoms with E-state index in [0.29, 0.717) is 31.2 Å². The van der Waals surface area contributed by atoms with Crippen molar-refractivity contribution in [2.45, 2.75) is 4.21 Å². The number of rotatable bonds is 6. The summed E-state index contributed by atoms with van der Waals surface area (Å²) in [5.74, 6) is -0.786. The number of piperazine rings is 1. The highest BCUT2D eigenvalue weighted by atomic mass is 35.5. The first-order valence-corrected chi connectivity index (χ1v) is 12.6. The molecule has 0 radical (unpaired) electrons. The molecule has 1 aliphatic heterocycles. The lowest BCUT2D eigenvalue weighted by atomic mass is 10.2. The summed E-state index contributed by atoms with van der Waals surface area (Å²) in [7, 11) is -3.96. The molecule has 1 amide bonds. The second-order valence-corrected chi connectivity index (χ2v) is 10.7. The molecule has 1 fully saturated rings. The molecule has 2 heterocycles. The number of amides is 1. The number of nitrogens with zero attached hydrogens (tertiary/aromatic N) is 3. The standard InChI is InChI=1S/C22H21ClFN3O3S2/c23-17-3-1-4-20(15-17)25-10-12-26(13-11-25)21(28)16-27(19-8-6-18(24)7-9-19)32(29,30)22-5-2-14-31-22/h1-9,14-15H,10-13,16H2. The lowest BCUT2D eigenvalue weighted by Crippen LogP contribution is -2.52. The van der Waals surface area contributed by atoms with Crippen LogP contribution in [0.15, 0.2) is 70.3 Å². The average molecular weight is 494 g/mol. The Balaban J connectivity index is 1.50. The fourth-order valence-corrected chi connectivity index (χ4v) is 6.25. The zero-order valence-electron chi connectivity index (χ0n) is 17.0. The van der Waals surface area contributed by atoms with Crippen molar-refractivity contribution in [3.05, 3.63) is 76.9 Å². The smallest absolute Gasteiger partial charge is 0.274 e. The molecule has 3 aromatic rings. The quantitative estimate of drug-likeness (QED) is 0.519. The minimum Gasteiger partial charge on any atom is -0.368 e. The Hall–Kier alpha value is -2.62. The second kappa shape index (κ2) is 9.48. The summed E-state index contributed by atoms with van der Waals surface area (Å²) in [5, 5.41) is 2.31. The van der Waals surface area contributed by atoms with E-state index in [1.165, 1.54) is 30.3 Å². The van der Waals surface area contributed by atoms with Gasteiger partial charge >= 0.3 is 0 Å². The van der Waals surface area contributed by atoms with Crippen molar-refractivity contribution in [1.82, 2.24) is 4.90 Å². The molecule has 1 saturated heterocycles. The number of hydrogen-bond donors (Lipinski definition) is 0. The van der Waals surface area contributed by atoms with Gasteiger partial charge < -0.3 is 9.80 Å². The van der Waals surface area contributed by atoms with Crippen molar-refractivity contribution >= 4 is 50.2 Å². The van der Waals surface area contributed by atoms with E-state index in [0.717, 1.165) is 21.3 Å². The molecule has 6 nitrogen and oxygen atoms in total. The van der Waals surface area contributed by atoms with Gasteiger partial charge in [0.1, 0.15) is 16.6 Å². The first-order valence-electron chi connectivity index (χ1n) is 9.95. The maximum atomic E-state index is 13.4. The molecule has 0 saturated carbocycles. The Morgan fingerprint density at radius 3 is 2.38 bits per heavy atom. The minimum atomic E-state index is -3.96. The van der Waals surface area contributed by atoms with E-state index in [2.05, 4.69) is 4.90 Å². The second-order valence-electron chi connectivity index (χ2n) is 7.27. The van der Waals surface area contributed by atoms with Crippen LogP contribution in [0.4, 0.5) is 15.8 Å². The van der Waals surface area contributed by atoms with Crippen molar-refractivity contribution in [1.29, 1.82) is 0 Å². The molecule has 1 aromatic heterocycles. The Kier molecular flexibility index (Phi) is 6.68. The van der Waals surface area contributed by atoms with Gasteiger partial charge in [0, 0.05) is 36.9 Å². The molecule has 0 bridgehead atoms. The van der Waals surface area contributed by atoms with Crippen molar-refractivity contribution in [3.63, 3.8) is 0 Å². The Bertz CT molecular complexity index is 1180. The molecule has 4 rings (SSSR count). The summed E-state index contributed by atoms with van der Waals surface area (Å²) in [6.45, 7) is 1.78. The summed E-state index contributed by atoms with van der Waals surface area (Å²) in [4.78, 5) is 16.9. The maximum absolute atomic E-state index is 13.4. The summed E-state index contributed by atoms with van der Waals surface area (Å²) < 4.78 is 41.0. The van der Waals surface area contributed by atoms with Gasteiger partial charge in [0.2, 0.25) is 5.91 Å². The van der Waals surface area contributed by atoms with Gasteiger partial charge in [0.05, 0.1) is 5.69 Å². The number of thiophene rings is 1. The van der Waals surface area contributed by atoms with E-state index in [4.69, 9.17) is 11.6 Å². The molecule has 0 N–H and O–H groups in total. The highest BCUT2D eigenvalue weighted by Gasteiger charge is 2.31. The molecule has 0 aliphatic carbocycles. The number of sulfonamides is 1. The zero-order chi connectivity index (χ0) is 22.7. The highest BCUT2D eigenvalue weighted by Crippen LogP contribution is 2.27.